The highest BCUT2D eigenvalue weighted by molar-refractivity contribution is 7.13. The van der Waals surface area contributed by atoms with Crippen LogP contribution < -0.4 is 5.32 Å². The van der Waals surface area contributed by atoms with Crippen LogP contribution in [-0.2, 0) is 13.1 Å². The number of hydrogen-bond donors (Lipinski definition) is 1. The molecule has 1 heterocycles. The summed E-state index contributed by atoms with van der Waals surface area (Å²) in [6.45, 7) is 3.36. The van der Waals surface area contributed by atoms with Gasteiger partial charge in [0.25, 0.3) is 0 Å². The summed E-state index contributed by atoms with van der Waals surface area (Å²) >= 11 is 7.42. The second-order valence-electron chi connectivity index (χ2n) is 5.36. The summed E-state index contributed by atoms with van der Waals surface area (Å²) in [7, 11) is 0. The van der Waals surface area contributed by atoms with Gasteiger partial charge in [-0.25, -0.2) is 9.37 Å². The van der Waals surface area contributed by atoms with Gasteiger partial charge < -0.3 is 5.32 Å². The van der Waals surface area contributed by atoms with Crippen molar-refractivity contribution in [2.45, 2.75) is 20.0 Å². The first-order valence-corrected chi connectivity index (χ1v) is 8.53. The molecule has 0 saturated carbocycles. The van der Waals surface area contributed by atoms with E-state index in [1.54, 1.807) is 23.5 Å². The van der Waals surface area contributed by atoms with E-state index in [1.807, 2.05) is 0 Å². The molecule has 3 aromatic rings. The number of benzene rings is 2. The van der Waals surface area contributed by atoms with E-state index in [1.165, 1.54) is 11.6 Å². The molecule has 0 spiro atoms. The van der Waals surface area contributed by atoms with Crippen molar-refractivity contribution in [2.75, 3.05) is 0 Å². The van der Waals surface area contributed by atoms with Gasteiger partial charge in [0.05, 0.1) is 10.7 Å². The van der Waals surface area contributed by atoms with Gasteiger partial charge in [0.15, 0.2) is 0 Å². The summed E-state index contributed by atoms with van der Waals surface area (Å²) in [5.41, 5.74) is 4.33. The summed E-state index contributed by atoms with van der Waals surface area (Å²) in [5, 5.41) is 6.53. The lowest BCUT2D eigenvalue weighted by Gasteiger charge is -2.04. The lowest BCUT2D eigenvalue weighted by Crippen LogP contribution is -2.12. The smallest absolute Gasteiger partial charge is 0.141 e. The monoisotopic (exact) mass is 346 g/mol. The van der Waals surface area contributed by atoms with Crippen molar-refractivity contribution < 1.29 is 4.39 Å². The first kappa shape index (κ1) is 16.1. The van der Waals surface area contributed by atoms with Crippen molar-refractivity contribution >= 4 is 22.9 Å². The van der Waals surface area contributed by atoms with Crippen molar-refractivity contribution in [1.82, 2.24) is 10.3 Å². The van der Waals surface area contributed by atoms with Crippen molar-refractivity contribution in [3.63, 3.8) is 0 Å². The van der Waals surface area contributed by atoms with Crippen LogP contribution >= 0.6 is 22.9 Å². The quantitative estimate of drug-likeness (QED) is 0.686. The van der Waals surface area contributed by atoms with Crippen LogP contribution in [-0.4, -0.2) is 4.98 Å². The Labute approximate surface area is 144 Å². The molecule has 0 aliphatic heterocycles. The van der Waals surface area contributed by atoms with E-state index >= 15 is 0 Å². The maximum Gasteiger partial charge on any atom is 0.141 e. The van der Waals surface area contributed by atoms with Crippen LogP contribution in [0.25, 0.3) is 10.6 Å². The molecule has 0 bridgehead atoms. The summed E-state index contributed by atoms with van der Waals surface area (Å²) in [5.74, 6) is -0.391. The van der Waals surface area contributed by atoms with Gasteiger partial charge in [0, 0.05) is 24.0 Å². The minimum Gasteiger partial charge on any atom is -0.307 e. The summed E-state index contributed by atoms with van der Waals surface area (Å²) in [6.07, 6.45) is 0. The number of aryl methyl sites for hydroxylation is 1. The topological polar surface area (TPSA) is 24.9 Å². The highest BCUT2D eigenvalue weighted by atomic mass is 35.5. The van der Waals surface area contributed by atoms with E-state index in [2.05, 4.69) is 46.9 Å². The predicted molar refractivity (Wildman–Crippen MR) is 94.2 cm³/mol. The first-order chi connectivity index (χ1) is 11.1. The largest absolute Gasteiger partial charge is 0.307 e. The Balaban J connectivity index is 1.59. The molecule has 2 nitrogen and oxygen atoms in total. The van der Waals surface area contributed by atoms with Crippen LogP contribution in [0.2, 0.25) is 5.02 Å². The fourth-order valence-electron chi connectivity index (χ4n) is 2.20. The molecule has 0 saturated heterocycles. The molecular formula is C18H16ClFN2S. The molecule has 0 aliphatic rings. The average molecular weight is 347 g/mol. The third-order valence-electron chi connectivity index (χ3n) is 3.47. The molecule has 0 atom stereocenters. The van der Waals surface area contributed by atoms with Gasteiger partial charge in [-0.2, -0.15) is 0 Å². The van der Waals surface area contributed by atoms with Crippen molar-refractivity contribution in [3.05, 3.63) is 75.5 Å². The van der Waals surface area contributed by atoms with Crippen LogP contribution in [0.15, 0.2) is 47.8 Å². The van der Waals surface area contributed by atoms with Gasteiger partial charge >= 0.3 is 0 Å². The Bertz CT molecular complexity index is 799. The SMILES string of the molecule is Cc1ccc(-c2nc(CNCc3ccc(F)c(Cl)c3)cs2)cc1. The number of rotatable bonds is 5. The summed E-state index contributed by atoms with van der Waals surface area (Å²) in [4.78, 5) is 4.64. The maximum atomic E-state index is 13.1. The Kier molecular flexibility index (Phi) is 5.06. The molecule has 0 unspecified atom stereocenters. The first-order valence-electron chi connectivity index (χ1n) is 7.28. The van der Waals surface area contributed by atoms with Crippen molar-refractivity contribution in [3.8, 4) is 10.6 Å². The fraction of sp³-hybridized carbons (Fsp3) is 0.167. The molecule has 3 rings (SSSR count). The number of thiazole rings is 1. The third kappa shape index (κ3) is 4.16. The number of aromatic nitrogens is 1. The Morgan fingerprint density at radius 3 is 2.65 bits per heavy atom. The highest BCUT2D eigenvalue weighted by Crippen LogP contribution is 2.24. The molecule has 118 valence electrons. The van der Waals surface area contributed by atoms with Crippen LogP contribution in [0.4, 0.5) is 4.39 Å². The van der Waals surface area contributed by atoms with Gasteiger partial charge in [-0.3, -0.25) is 0 Å². The predicted octanol–water partition coefficient (Wildman–Crippen LogP) is 5.20. The molecule has 1 aromatic heterocycles. The van der Waals surface area contributed by atoms with Crippen molar-refractivity contribution in [2.24, 2.45) is 0 Å². The molecule has 0 radical (unpaired) electrons. The number of halogens is 2. The van der Waals surface area contributed by atoms with E-state index < -0.39 is 5.82 Å². The zero-order chi connectivity index (χ0) is 16.2. The van der Waals surface area contributed by atoms with Gasteiger partial charge in [-0.1, -0.05) is 47.5 Å². The minimum absolute atomic E-state index is 0.152. The normalized spacial score (nSPS) is 10.9. The lowest BCUT2D eigenvalue weighted by atomic mass is 10.2. The summed E-state index contributed by atoms with van der Waals surface area (Å²) in [6, 6.07) is 13.1. The Morgan fingerprint density at radius 2 is 1.91 bits per heavy atom. The maximum absolute atomic E-state index is 13.1. The number of nitrogens with one attached hydrogen (secondary N) is 1. The van der Waals surface area contributed by atoms with E-state index in [0.29, 0.717) is 13.1 Å². The van der Waals surface area contributed by atoms with Gasteiger partial charge in [-0.05, 0) is 24.6 Å². The van der Waals surface area contributed by atoms with Crippen molar-refractivity contribution in [1.29, 1.82) is 0 Å². The van der Waals surface area contributed by atoms with Gasteiger partial charge in [-0.15, -0.1) is 11.3 Å². The second-order valence-corrected chi connectivity index (χ2v) is 6.63. The van der Waals surface area contributed by atoms with Crippen LogP contribution in [0.3, 0.4) is 0 Å². The zero-order valence-electron chi connectivity index (χ0n) is 12.6. The van der Waals surface area contributed by atoms with E-state index in [4.69, 9.17) is 11.6 Å². The Morgan fingerprint density at radius 1 is 1.13 bits per heavy atom. The third-order valence-corrected chi connectivity index (χ3v) is 4.70. The Hall–Kier alpha value is -1.75. The number of nitrogens with zero attached hydrogens (tertiary/aromatic N) is 1. The highest BCUT2D eigenvalue weighted by Gasteiger charge is 2.05. The van der Waals surface area contributed by atoms with Gasteiger partial charge in [0.1, 0.15) is 10.8 Å². The molecule has 0 fully saturated rings. The molecule has 0 amide bonds. The standard InChI is InChI=1S/C18H16ClFN2S/c1-12-2-5-14(6-3-12)18-22-15(11-23-18)10-21-9-13-4-7-17(20)16(19)8-13/h2-8,11,21H,9-10H2,1H3. The van der Waals surface area contributed by atoms with E-state index in [0.717, 1.165) is 21.8 Å². The second kappa shape index (κ2) is 7.21. The summed E-state index contributed by atoms with van der Waals surface area (Å²) < 4.78 is 13.1. The molecule has 23 heavy (non-hydrogen) atoms. The molecular weight excluding hydrogens is 331 g/mol. The van der Waals surface area contributed by atoms with E-state index in [-0.39, 0.29) is 5.02 Å². The average Bonchev–Trinajstić information content (AvgIpc) is 3.00. The lowest BCUT2D eigenvalue weighted by molar-refractivity contribution is 0.625. The zero-order valence-corrected chi connectivity index (χ0v) is 14.2. The van der Waals surface area contributed by atoms with Gasteiger partial charge in [0.2, 0.25) is 0 Å². The molecule has 5 heteroatoms. The molecule has 0 aliphatic carbocycles. The molecule has 1 N–H and O–H groups in total. The van der Waals surface area contributed by atoms with Crippen LogP contribution in [0.1, 0.15) is 16.8 Å². The number of hydrogen-bond acceptors (Lipinski definition) is 3. The van der Waals surface area contributed by atoms with Crippen LogP contribution in [0, 0.1) is 12.7 Å². The van der Waals surface area contributed by atoms with Crippen LogP contribution in [0.5, 0.6) is 0 Å². The van der Waals surface area contributed by atoms with E-state index in [9.17, 15) is 4.39 Å². The minimum atomic E-state index is -0.391. The molecule has 2 aromatic carbocycles. The fourth-order valence-corrected chi connectivity index (χ4v) is 3.23.